The number of hydrogen-bond donors (Lipinski definition) is 3. The Hall–Kier alpha value is -2.17. The molecule has 0 aromatic rings. The Balaban J connectivity index is 3.61. The summed E-state index contributed by atoms with van der Waals surface area (Å²) < 4.78 is 0. The normalized spacial score (nSPS) is 13.6. The summed E-state index contributed by atoms with van der Waals surface area (Å²) in [6.07, 6.45) is 64.1. The van der Waals surface area contributed by atoms with Crippen LogP contribution in [-0.2, 0) is 4.79 Å². The third kappa shape index (κ3) is 41.0. The summed E-state index contributed by atoms with van der Waals surface area (Å²) in [5.74, 6) is -0.0572. The Kier molecular flexibility index (Phi) is 43.4. The Morgan fingerprint density at radius 1 is 0.463 bits per heavy atom. The van der Waals surface area contributed by atoms with E-state index < -0.39 is 12.1 Å². The summed E-state index contributed by atoms with van der Waals surface area (Å²) in [5.41, 5.74) is 0. The number of aliphatic hydroxyl groups is 2. The molecule has 54 heavy (non-hydrogen) atoms. The maximum atomic E-state index is 12.4. The predicted molar refractivity (Wildman–Crippen MR) is 239 cm³/mol. The largest absolute Gasteiger partial charge is 0.394 e. The molecule has 0 rings (SSSR count). The van der Waals surface area contributed by atoms with E-state index in [0.29, 0.717) is 12.8 Å². The fourth-order valence-electron chi connectivity index (χ4n) is 6.72. The van der Waals surface area contributed by atoms with Crippen LogP contribution in [0.3, 0.4) is 0 Å². The minimum Gasteiger partial charge on any atom is -0.394 e. The average molecular weight is 752 g/mol. The predicted octanol–water partition coefficient (Wildman–Crippen LogP) is 14.7. The molecule has 0 spiro atoms. The molecule has 1 amide bonds. The van der Waals surface area contributed by atoms with Crippen LogP contribution in [-0.4, -0.2) is 34.9 Å². The van der Waals surface area contributed by atoms with E-state index in [0.717, 1.165) is 83.5 Å². The van der Waals surface area contributed by atoms with Crippen LogP contribution >= 0.6 is 0 Å². The lowest BCUT2D eigenvalue weighted by molar-refractivity contribution is -0.123. The zero-order valence-electron chi connectivity index (χ0n) is 35.7. The van der Waals surface area contributed by atoms with Gasteiger partial charge in [0.1, 0.15) is 0 Å². The van der Waals surface area contributed by atoms with Gasteiger partial charge in [0.15, 0.2) is 0 Å². The van der Waals surface area contributed by atoms with Crippen molar-refractivity contribution in [1.29, 1.82) is 0 Å². The Morgan fingerprint density at radius 3 is 1.22 bits per heavy atom. The highest BCUT2D eigenvalue weighted by atomic mass is 16.3. The molecular weight excluding hydrogens is 663 g/mol. The molecule has 0 aliphatic carbocycles. The molecule has 0 bridgehead atoms. The second-order valence-electron chi connectivity index (χ2n) is 15.4. The number of unbranched alkanes of at least 4 members (excludes halogenated alkanes) is 22. The second kappa shape index (κ2) is 45.2. The lowest BCUT2D eigenvalue weighted by atomic mass is 10.0. The third-order valence-corrected chi connectivity index (χ3v) is 10.2. The van der Waals surface area contributed by atoms with Crippen molar-refractivity contribution in [3.63, 3.8) is 0 Å². The summed E-state index contributed by atoms with van der Waals surface area (Å²) >= 11 is 0. The van der Waals surface area contributed by atoms with E-state index in [-0.39, 0.29) is 12.5 Å². The van der Waals surface area contributed by atoms with Crippen molar-refractivity contribution in [2.45, 2.75) is 231 Å². The number of rotatable bonds is 41. The maximum absolute atomic E-state index is 12.4. The maximum Gasteiger partial charge on any atom is 0.220 e. The van der Waals surface area contributed by atoms with E-state index in [1.165, 1.54) is 109 Å². The molecule has 0 aliphatic rings. The zero-order chi connectivity index (χ0) is 39.3. The molecule has 0 aliphatic heterocycles. The van der Waals surface area contributed by atoms with E-state index >= 15 is 0 Å². The van der Waals surface area contributed by atoms with Crippen LogP contribution in [0, 0.1) is 0 Å². The molecule has 2 unspecified atom stereocenters. The van der Waals surface area contributed by atoms with Gasteiger partial charge < -0.3 is 15.5 Å². The van der Waals surface area contributed by atoms with Gasteiger partial charge in [0.05, 0.1) is 18.8 Å². The standard InChI is InChI=1S/C50H89NO3/c1-3-5-7-9-11-13-15-17-19-21-23-24-25-26-28-30-32-34-36-38-40-42-44-46-50(54)51-48(47-52)49(53)45-43-41-39-37-35-33-31-29-27-22-20-18-16-14-12-10-8-6-4-2/h5,7,11,13,17,19,23-24,26,28,32,34,48-49,52-53H,3-4,6,8-10,12,14-16,18,20-22,25,27,29-31,33,35-47H2,1-2H3,(H,51,54)/b7-5-,13-11-,19-17-,24-23-,28-26-,34-32-. The molecule has 0 aromatic carbocycles. The van der Waals surface area contributed by atoms with Crippen LogP contribution in [0.2, 0.25) is 0 Å². The summed E-state index contributed by atoms with van der Waals surface area (Å²) in [6.45, 7) is 4.24. The van der Waals surface area contributed by atoms with Gasteiger partial charge in [-0.25, -0.2) is 0 Å². The van der Waals surface area contributed by atoms with Crippen molar-refractivity contribution in [2.75, 3.05) is 6.61 Å². The topological polar surface area (TPSA) is 69.6 Å². The lowest BCUT2D eigenvalue weighted by Crippen LogP contribution is -2.45. The van der Waals surface area contributed by atoms with E-state index in [1.54, 1.807) is 0 Å². The highest BCUT2D eigenvalue weighted by molar-refractivity contribution is 5.76. The molecule has 4 heteroatoms. The fraction of sp³-hybridized carbons (Fsp3) is 0.740. The molecule has 0 aromatic heterocycles. The number of nitrogens with one attached hydrogen (secondary N) is 1. The van der Waals surface area contributed by atoms with Crippen LogP contribution in [0.4, 0.5) is 0 Å². The van der Waals surface area contributed by atoms with Crippen molar-refractivity contribution in [3.05, 3.63) is 72.9 Å². The molecule has 0 fully saturated rings. The zero-order valence-corrected chi connectivity index (χ0v) is 35.7. The Morgan fingerprint density at radius 2 is 0.815 bits per heavy atom. The van der Waals surface area contributed by atoms with Crippen molar-refractivity contribution < 1.29 is 15.0 Å². The van der Waals surface area contributed by atoms with Gasteiger partial charge in [-0.2, -0.15) is 0 Å². The first-order chi connectivity index (χ1) is 26.7. The molecule has 0 radical (unpaired) electrons. The first-order valence-electron chi connectivity index (χ1n) is 23.1. The van der Waals surface area contributed by atoms with Gasteiger partial charge in [-0.15, -0.1) is 0 Å². The van der Waals surface area contributed by atoms with E-state index in [9.17, 15) is 15.0 Å². The van der Waals surface area contributed by atoms with Gasteiger partial charge in [-0.05, 0) is 64.2 Å². The van der Waals surface area contributed by atoms with Crippen LogP contribution < -0.4 is 5.32 Å². The molecule has 0 saturated heterocycles. The minimum atomic E-state index is -0.675. The summed E-state index contributed by atoms with van der Waals surface area (Å²) in [7, 11) is 0. The first kappa shape index (κ1) is 51.8. The highest BCUT2D eigenvalue weighted by Crippen LogP contribution is 2.16. The number of carbonyl (C=O) groups is 1. The van der Waals surface area contributed by atoms with Gasteiger partial charge >= 0.3 is 0 Å². The van der Waals surface area contributed by atoms with E-state index in [4.69, 9.17) is 0 Å². The van der Waals surface area contributed by atoms with Crippen LogP contribution in [0.15, 0.2) is 72.9 Å². The quantitative estimate of drug-likeness (QED) is 0.0430. The molecule has 2 atom stereocenters. The molecule has 4 nitrogen and oxygen atoms in total. The molecular formula is C50H89NO3. The summed E-state index contributed by atoms with van der Waals surface area (Å²) in [5, 5.41) is 23.2. The van der Waals surface area contributed by atoms with Crippen molar-refractivity contribution in [3.8, 4) is 0 Å². The second-order valence-corrected chi connectivity index (χ2v) is 15.4. The van der Waals surface area contributed by atoms with Crippen LogP contribution in [0.25, 0.3) is 0 Å². The monoisotopic (exact) mass is 752 g/mol. The van der Waals surface area contributed by atoms with Crippen molar-refractivity contribution in [1.82, 2.24) is 5.32 Å². The van der Waals surface area contributed by atoms with E-state index in [2.05, 4.69) is 92.1 Å². The lowest BCUT2D eigenvalue weighted by Gasteiger charge is -2.22. The van der Waals surface area contributed by atoms with Crippen LogP contribution in [0.5, 0.6) is 0 Å². The van der Waals surface area contributed by atoms with Gasteiger partial charge in [0.2, 0.25) is 5.91 Å². The Bertz CT molecular complexity index is 946. The van der Waals surface area contributed by atoms with Crippen molar-refractivity contribution >= 4 is 5.91 Å². The number of amides is 1. The number of hydrogen-bond acceptors (Lipinski definition) is 3. The summed E-state index contributed by atoms with van der Waals surface area (Å²) in [4.78, 5) is 12.4. The molecule has 0 heterocycles. The smallest absolute Gasteiger partial charge is 0.220 e. The molecule has 312 valence electrons. The van der Waals surface area contributed by atoms with Gasteiger partial charge in [0, 0.05) is 6.42 Å². The van der Waals surface area contributed by atoms with Crippen LogP contribution in [0.1, 0.15) is 219 Å². The third-order valence-electron chi connectivity index (χ3n) is 10.2. The minimum absolute atomic E-state index is 0.0572. The number of allylic oxidation sites excluding steroid dienone is 12. The first-order valence-corrected chi connectivity index (χ1v) is 23.1. The number of aliphatic hydroxyl groups excluding tert-OH is 2. The average Bonchev–Trinajstić information content (AvgIpc) is 3.18. The Labute approximate surface area is 336 Å². The van der Waals surface area contributed by atoms with Gasteiger partial charge in [0.25, 0.3) is 0 Å². The van der Waals surface area contributed by atoms with E-state index in [1.807, 2.05) is 0 Å². The SMILES string of the molecule is CC/C=C\C/C=C\C/C=C\C/C=C\C/C=C\C/C=C\CCCCCCC(=O)NC(CO)C(O)CCCCCCCCCCCCCCCCCCCCC. The summed E-state index contributed by atoms with van der Waals surface area (Å²) in [6, 6.07) is -0.554. The fourth-order valence-corrected chi connectivity index (χ4v) is 6.72. The van der Waals surface area contributed by atoms with Gasteiger partial charge in [-0.1, -0.05) is 222 Å². The molecule has 0 saturated carbocycles. The van der Waals surface area contributed by atoms with Gasteiger partial charge in [-0.3, -0.25) is 4.79 Å². The molecule has 3 N–H and O–H groups in total. The van der Waals surface area contributed by atoms with Crippen molar-refractivity contribution in [2.24, 2.45) is 0 Å². The number of carbonyl (C=O) groups excluding carboxylic acids is 1. The highest BCUT2D eigenvalue weighted by Gasteiger charge is 2.19.